The lowest BCUT2D eigenvalue weighted by Gasteiger charge is -2.11. The third-order valence-electron chi connectivity index (χ3n) is 4.59. The van der Waals surface area contributed by atoms with Crippen LogP contribution >= 0.6 is 11.6 Å². The second-order valence-corrected chi connectivity index (χ2v) is 9.00. The molecule has 4 rings (SSSR count). The average molecular weight is 486 g/mol. The maximum atomic E-state index is 13.1. The Balaban J connectivity index is 1.46. The predicted molar refractivity (Wildman–Crippen MR) is 121 cm³/mol. The molecule has 0 spiro atoms. The predicted octanol–water partition coefficient (Wildman–Crippen LogP) is 3.79. The molecule has 0 saturated carbocycles. The molecule has 2 aromatic carbocycles. The first-order valence-electron chi connectivity index (χ1n) is 9.63. The first-order chi connectivity index (χ1) is 15.8. The molecule has 0 bridgehead atoms. The van der Waals surface area contributed by atoms with Crippen LogP contribution in [0.4, 0.5) is 10.1 Å². The van der Waals surface area contributed by atoms with E-state index in [2.05, 4.69) is 20.1 Å². The van der Waals surface area contributed by atoms with Crippen LogP contribution in [0.1, 0.15) is 15.9 Å². The van der Waals surface area contributed by atoms with Gasteiger partial charge in [0.15, 0.2) is 5.82 Å². The van der Waals surface area contributed by atoms with Gasteiger partial charge in [-0.25, -0.2) is 22.5 Å². The second kappa shape index (κ2) is 9.39. The number of hydrogen-bond acceptors (Lipinski definition) is 5. The van der Waals surface area contributed by atoms with Crippen molar-refractivity contribution in [1.29, 1.82) is 0 Å². The number of anilines is 1. The highest BCUT2D eigenvalue weighted by molar-refractivity contribution is 7.92. The van der Waals surface area contributed by atoms with Crippen molar-refractivity contribution in [3.63, 3.8) is 0 Å². The molecule has 0 fully saturated rings. The Bertz CT molecular complexity index is 1380. The lowest BCUT2D eigenvalue weighted by molar-refractivity contribution is 0.0951. The van der Waals surface area contributed by atoms with Gasteiger partial charge in [-0.2, -0.15) is 5.10 Å². The Morgan fingerprint density at radius 1 is 1.09 bits per heavy atom. The summed E-state index contributed by atoms with van der Waals surface area (Å²) < 4.78 is 42.4. The van der Waals surface area contributed by atoms with Crippen molar-refractivity contribution < 1.29 is 17.6 Å². The number of hydrogen-bond donors (Lipinski definition) is 2. The van der Waals surface area contributed by atoms with E-state index in [4.69, 9.17) is 11.6 Å². The Morgan fingerprint density at radius 3 is 2.55 bits per heavy atom. The van der Waals surface area contributed by atoms with Crippen LogP contribution in [0.2, 0.25) is 5.02 Å². The molecular formula is C22H17ClFN5O3S. The van der Waals surface area contributed by atoms with Gasteiger partial charge in [-0.05, 0) is 60.2 Å². The first kappa shape index (κ1) is 22.4. The molecule has 8 nitrogen and oxygen atoms in total. The fraction of sp³-hybridized carbons (Fsp3) is 0.0455. The summed E-state index contributed by atoms with van der Waals surface area (Å²) in [6.07, 6.45) is 5.01. The molecule has 0 radical (unpaired) electrons. The maximum absolute atomic E-state index is 13.1. The van der Waals surface area contributed by atoms with Crippen LogP contribution in [0.5, 0.6) is 0 Å². The summed E-state index contributed by atoms with van der Waals surface area (Å²) in [7, 11) is -4.02. The van der Waals surface area contributed by atoms with E-state index in [1.54, 1.807) is 41.5 Å². The van der Waals surface area contributed by atoms with Crippen LogP contribution in [0.25, 0.3) is 5.82 Å². The normalized spacial score (nSPS) is 11.2. The maximum Gasteiger partial charge on any atom is 0.261 e. The number of halogens is 2. The molecule has 2 heterocycles. The number of benzene rings is 2. The zero-order valence-electron chi connectivity index (χ0n) is 16.9. The van der Waals surface area contributed by atoms with Crippen LogP contribution in [-0.4, -0.2) is 29.1 Å². The van der Waals surface area contributed by atoms with E-state index in [1.165, 1.54) is 30.3 Å². The fourth-order valence-corrected chi connectivity index (χ4v) is 4.20. The van der Waals surface area contributed by atoms with Crippen molar-refractivity contribution in [2.24, 2.45) is 0 Å². The van der Waals surface area contributed by atoms with Crippen LogP contribution in [0, 0.1) is 5.82 Å². The van der Waals surface area contributed by atoms with Crippen molar-refractivity contribution in [2.45, 2.75) is 11.4 Å². The van der Waals surface area contributed by atoms with Crippen molar-refractivity contribution in [2.75, 3.05) is 4.72 Å². The average Bonchev–Trinajstić information content (AvgIpc) is 3.34. The number of aromatic nitrogens is 3. The third-order valence-corrected chi connectivity index (χ3v) is 6.30. The first-order valence-corrected chi connectivity index (χ1v) is 11.5. The van der Waals surface area contributed by atoms with E-state index in [9.17, 15) is 17.6 Å². The molecule has 2 N–H and O–H groups in total. The fourth-order valence-electron chi connectivity index (χ4n) is 2.92. The molecule has 0 unspecified atom stereocenters. The van der Waals surface area contributed by atoms with Crippen LogP contribution in [0.3, 0.4) is 0 Å². The number of nitrogens with zero attached hydrogens (tertiary/aromatic N) is 3. The van der Waals surface area contributed by atoms with Gasteiger partial charge in [0.2, 0.25) is 0 Å². The number of sulfonamides is 1. The smallest absolute Gasteiger partial charge is 0.261 e. The summed E-state index contributed by atoms with van der Waals surface area (Å²) in [5.74, 6) is -0.408. The Morgan fingerprint density at radius 2 is 1.88 bits per heavy atom. The van der Waals surface area contributed by atoms with Crippen molar-refractivity contribution >= 4 is 33.2 Å². The van der Waals surface area contributed by atoms with E-state index >= 15 is 0 Å². The second-order valence-electron chi connectivity index (χ2n) is 6.91. The minimum Gasteiger partial charge on any atom is -0.348 e. The summed E-state index contributed by atoms with van der Waals surface area (Å²) in [4.78, 5) is 16.8. The molecule has 1 amide bonds. The standard InChI is InChI=1S/C22H17ClFN5O3S/c23-20-8-7-18(33(31,32)28-17-5-3-16(24)4-6-17)12-19(20)22(30)26-14-15-2-9-21(25-13-15)29-11-1-10-27-29/h1-13,28H,14H2,(H,26,30). The van der Waals surface area contributed by atoms with Gasteiger partial charge < -0.3 is 5.32 Å². The van der Waals surface area contributed by atoms with E-state index in [0.717, 1.165) is 17.7 Å². The van der Waals surface area contributed by atoms with Gasteiger partial charge in [-0.1, -0.05) is 17.7 Å². The minimum atomic E-state index is -4.02. The molecule has 168 valence electrons. The number of carbonyl (C=O) groups is 1. The van der Waals surface area contributed by atoms with Crippen LogP contribution in [-0.2, 0) is 16.6 Å². The molecule has 33 heavy (non-hydrogen) atoms. The quantitative estimate of drug-likeness (QED) is 0.414. The summed E-state index contributed by atoms with van der Waals surface area (Å²) in [5.41, 5.74) is 0.917. The van der Waals surface area contributed by atoms with Gasteiger partial charge in [0.25, 0.3) is 15.9 Å². The molecule has 4 aromatic rings. The highest BCUT2D eigenvalue weighted by Crippen LogP contribution is 2.23. The van der Waals surface area contributed by atoms with Crippen LogP contribution < -0.4 is 10.0 Å². The molecule has 0 saturated heterocycles. The Labute approximate surface area is 194 Å². The monoisotopic (exact) mass is 485 g/mol. The zero-order chi connectivity index (χ0) is 23.4. The molecular weight excluding hydrogens is 469 g/mol. The summed E-state index contributed by atoms with van der Waals surface area (Å²) in [5, 5.41) is 6.90. The summed E-state index contributed by atoms with van der Waals surface area (Å²) in [6.45, 7) is 0.159. The van der Waals surface area contributed by atoms with Crippen molar-refractivity contribution in [3.8, 4) is 5.82 Å². The van der Waals surface area contributed by atoms with Gasteiger partial charge in [0.05, 0.1) is 15.5 Å². The lowest BCUT2D eigenvalue weighted by atomic mass is 10.2. The van der Waals surface area contributed by atoms with Gasteiger partial charge in [-0.15, -0.1) is 0 Å². The van der Waals surface area contributed by atoms with Crippen LogP contribution in [0.15, 0.2) is 84.1 Å². The van der Waals surface area contributed by atoms with Gasteiger partial charge >= 0.3 is 0 Å². The van der Waals surface area contributed by atoms with Gasteiger partial charge in [0, 0.05) is 30.8 Å². The lowest BCUT2D eigenvalue weighted by Crippen LogP contribution is -2.24. The molecule has 11 heteroatoms. The number of amides is 1. The molecule has 2 aromatic heterocycles. The highest BCUT2D eigenvalue weighted by atomic mass is 35.5. The topological polar surface area (TPSA) is 106 Å². The summed E-state index contributed by atoms with van der Waals surface area (Å²) in [6, 6.07) is 14.0. The largest absolute Gasteiger partial charge is 0.348 e. The van der Waals surface area contributed by atoms with E-state index in [-0.39, 0.29) is 27.7 Å². The molecule has 0 aliphatic rings. The Hall–Kier alpha value is -3.76. The highest BCUT2D eigenvalue weighted by Gasteiger charge is 2.19. The Kier molecular flexibility index (Phi) is 6.38. The van der Waals surface area contributed by atoms with Gasteiger partial charge in [0.1, 0.15) is 5.82 Å². The minimum absolute atomic E-state index is 0.000215. The van der Waals surface area contributed by atoms with Crippen molar-refractivity contribution in [3.05, 3.63) is 101 Å². The molecule has 0 atom stereocenters. The third kappa shape index (κ3) is 5.36. The van der Waals surface area contributed by atoms with Crippen molar-refractivity contribution in [1.82, 2.24) is 20.1 Å². The number of pyridine rings is 1. The SMILES string of the molecule is O=C(NCc1ccc(-n2cccn2)nc1)c1cc(S(=O)(=O)Nc2ccc(F)cc2)ccc1Cl. The number of carbonyl (C=O) groups excluding carboxylic acids is 1. The number of nitrogens with one attached hydrogen (secondary N) is 2. The van der Waals surface area contributed by atoms with E-state index < -0.39 is 21.7 Å². The zero-order valence-corrected chi connectivity index (χ0v) is 18.5. The molecule has 0 aliphatic heterocycles. The van der Waals surface area contributed by atoms with E-state index in [0.29, 0.717) is 5.82 Å². The molecule has 0 aliphatic carbocycles. The number of rotatable bonds is 7. The van der Waals surface area contributed by atoms with E-state index in [1.807, 2.05) is 0 Å². The van der Waals surface area contributed by atoms with Gasteiger partial charge in [-0.3, -0.25) is 9.52 Å². The summed E-state index contributed by atoms with van der Waals surface area (Å²) >= 11 is 6.14.